The van der Waals surface area contributed by atoms with Gasteiger partial charge in [0.25, 0.3) is 0 Å². The summed E-state index contributed by atoms with van der Waals surface area (Å²) >= 11 is 0. The molecule has 0 unspecified atom stereocenters. The molecule has 0 aromatic carbocycles. The van der Waals surface area contributed by atoms with E-state index in [9.17, 15) is 18.6 Å². The van der Waals surface area contributed by atoms with Gasteiger partial charge in [0, 0.05) is 24.4 Å². The van der Waals surface area contributed by atoms with E-state index in [2.05, 4.69) is 0 Å². The van der Waals surface area contributed by atoms with E-state index < -0.39 is 9.84 Å². The predicted octanol–water partition coefficient (Wildman–Crippen LogP) is 0.464. The first-order chi connectivity index (χ1) is 6.35. The fourth-order valence-electron chi connectivity index (χ4n) is 1.28. The lowest BCUT2D eigenvalue weighted by Gasteiger charge is -2.02. The number of hydrogen-bond donors (Lipinski definition) is 2. The highest BCUT2D eigenvalue weighted by molar-refractivity contribution is 7.89. The normalized spacial score (nSPS) is 11.9. The molecule has 1 aromatic rings. The van der Waals surface area contributed by atoms with E-state index >= 15 is 0 Å². The van der Waals surface area contributed by atoms with Crippen LogP contribution in [0.4, 0.5) is 0 Å². The van der Waals surface area contributed by atoms with Crippen molar-refractivity contribution < 1.29 is 18.6 Å². The molecule has 0 saturated heterocycles. The minimum absolute atomic E-state index is 0.122. The molecule has 0 fully saturated rings. The molecule has 0 spiro atoms. The summed E-state index contributed by atoms with van der Waals surface area (Å²) in [5, 5.41) is 18.8. The lowest BCUT2D eigenvalue weighted by atomic mass is 10.4. The van der Waals surface area contributed by atoms with Crippen LogP contribution in [0.15, 0.2) is 6.07 Å². The number of aromatic hydroxyl groups is 2. The second-order valence-electron chi connectivity index (χ2n) is 3.17. The molecule has 1 heterocycles. The summed E-state index contributed by atoms with van der Waals surface area (Å²) in [6, 6.07) is 1.26. The number of hydrogen-bond acceptors (Lipinski definition) is 4. The molecule has 14 heavy (non-hydrogen) atoms. The first-order valence-corrected chi connectivity index (χ1v) is 6.19. The number of sulfone groups is 1. The number of rotatable bonds is 3. The molecule has 0 atom stereocenters. The summed E-state index contributed by atoms with van der Waals surface area (Å²) in [6.45, 7) is 2.13. The van der Waals surface area contributed by atoms with E-state index in [0.29, 0.717) is 6.54 Å². The van der Waals surface area contributed by atoms with Gasteiger partial charge in [-0.3, -0.25) is 4.57 Å². The average Bonchev–Trinajstić information content (AvgIpc) is 2.24. The zero-order valence-electron chi connectivity index (χ0n) is 8.06. The third-order valence-electron chi connectivity index (χ3n) is 1.86. The van der Waals surface area contributed by atoms with Crippen LogP contribution in [0, 0.1) is 0 Å². The summed E-state index contributed by atoms with van der Waals surface area (Å²) in [5.41, 5.74) is 0.229. The van der Waals surface area contributed by atoms with E-state index in [-0.39, 0.29) is 23.1 Å². The Balaban J connectivity index is 3.12. The Hall–Kier alpha value is -1.17. The van der Waals surface area contributed by atoms with E-state index in [1.165, 1.54) is 10.6 Å². The van der Waals surface area contributed by atoms with Crippen molar-refractivity contribution in [2.24, 2.45) is 0 Å². The maximum Gasteiger partial charge on any atom is 0.198 e. The lowest BCUT2D eigenvalue weighted by Crippen LogP contribution is -2.00. The van der Waals surface area contributed by atoms with Crippen molar-refractivity contribution in [1.82, 2.24) is 4.57 Å². The van der Waals surface area contributed by atoms with Crippen molar-refractivity contribution in [3.63, 3.8) is 0 Å². The van der Waals surface area contributed by atoms with Gasteiger partial charge in [0.15, 0.2) is 21.6 Å². The zero-order valence-corrected chi connectivity index (χ0v) is 8.87. The molecule has 1 rings (SSSR count). The van der Waals surface area contributed by atoms with Gasteiger partial charge in [-0.2, -0.15) is 0 Å². The van der Waals surface area contributed by atoms with Gasteiger partial charge in [-0.1, -0.05) is 0 Å². The van der Waals surface area contributed by atoms with Crippen molar-refractivity contribution in [3.8, 4) is 11.8 Å². The van der Waals surface area contributed by atoms with Gasteiger partial charge in [-0.25, -0.2) is 8.42 Å². The fourth-order valence-corrected chi connectivity index (χ4v) is 2.06. The Kier molecular flexibility index (Phi) is 2.75. The summed E-state index contributed by atoms with van der Waals surface area (Å²) in [6.07, 6.45) is 1.08. The second-order valence-corrected chi connectivity index (χ2v) is 5.31. The van der Waals surface area contributed by atoms with Crippen molar-refractivity contribution in [3.05, 3.63) is 11.6 Å². The van der Waals surface area contributed by atoms with E-state index in [4.69, 9.17) is 0 Å². The molecule has 0 aliphatic heterocycles. The molecule has 5 nitrogen and oxygen atoms in total. The van der Waals surface area contributed by atoms with Gasteiger partial charge in [0.2, 0.25) is 0 Å². The molecule has 0 radical (unpaired) electrons. The number of aromatic nitrogens is 1. The highest BCUT2D eigenvalue weighted by Gasteiger charge is 2.16. The molecule has 0 saturated carbocycles. The summed E-state index contributed by atoms with van der Waals surface area (Å²) in [7, 11) is -3.20. The number of nitrogens with zero attached hydrogens (tertiary/aromatic N) is 1. The highest BCUT2D eigenvalue weighted by Crippen LogP contribution is 2.28. The first kappa shape index (κ1) is 10.9. The van der Waals surface area contributed by atoms with Crippen molar-refractivity contribution in [2.45, 2.75) is 19.2 Å². The van der Waals surface area contributed by atoms with Gasteiger partial charge >= 0.3 is 0 Å². The lowest BCUT2D eigenvalue weighted by molar-refractivity contribution is 0.372. The average molecular weight is 219 g/mol. The summed E-state index contributed by atoms with van der Waals surface area (Å²) in [5.74, 6) is -0.571. The van der Waals surface area contributed by atoms with Crippen LogP contribution in [0.2, 0.25) is 0 Å². The van der Waals surface area contributed by atoms with Gasteiger partial charge in [0.1, 0.15) is 0 Å². The Morgan fingerprint density at radius 1 is 1.43 bits per heavy atom. The topological polar surface area (TPSA) is 79.5 Å². The van der Waals surface area contributed by atoms with Crippen molar-refractivity contribution in [2.75, 3.05) is 6.26 Å². The van der Waals surface area contributed by atoms with Crippen LogP contribution in [-0.4, -0.2) is 29.5 Å². The fraction of sp³-hybridized carbons (Fsp3) is 0.500. The molecule has 0 aliphatic rings. The van der Waals surface area contributed by atoms with Crippen LogP contribution in [-0.2, 0) is 22.1 Å². The molecule has 1 aromatic heterocycles. The molecule has 0 bridgehead atoms. The third kappa shape index (κ3) is 2.20. The molecule has 0 aliphatic carbocycles. The maximum absolute atomic E-state index is 11.0. The Morgan fingerprint density at radius 3 is 2.36 bits per heavy atom. The first-order valence-electron chi connectivity index (χ1n) is 4.13. The zero-order chi connectivity index (χ0) is 10.9. The van der Waals surface area contributed by atoms with Crippen molar-refractivity contribution >= 4 is 9.84 Å². The van der Waals surface area contributed by atoms with E-state index in [1.807, 2.05) is 0 Å². The van der Waals surface area contributed by atoms with Gasteiger partial charge in [0.05, 0.1) is 5.75 Å². The summed E-state index contributed by atoms with van der Waals surface area (Å²) in [4.78, 5) is 0. The minimum atomic E-state index is -3.20. The molecule has 2 N–H and O–H groups in total. The molecular formula is C8H13NO4S. The van der Waals surface area contributed by atoms with Gasteiger partial charge < -0.3 is 10.2 Å². The standard InChI is InChI=1S/C8H13NO4S/c1-3-9-7(10)4-6(8(9)11)5-14(2,12)13/h4,10-11H,3,5H2,1-2H3. The quantitative estimate of drug-likeness (QED) is 0.774. The Labute approximate surface area is 82.5 Å². The van der Waals surface area contributed by atoms with Crippen LogP contribution in [0.3, 0.4) is 0 Å². The summed E-state index contributed by atoms with van der Waals surface area (Å²) < 4.78 is 23.2. The largest absolute Gasteiger partial charge is 0.494 e. The smallest absolute Gasteiger partial charge is 0.198 e. The van der Waals surface area contributed by atoms with Gasteiger partial charge in [-0.05, 0) is 6.92 Å². The molecule has 0 amide bonds. The second kappa shape index (κ2) is 3.53. The van der Waals surface area contributed by atoms with Crippen LogP contribution in [0.5, 0.6) is 11.8 Å². The molecule has 6 heteroatoms. The molecule has 80 valence electrons. The SMILES string of the molecule is CCn1c(O)cc(CS(C)(=O)=O)c1O. The van der Waals surface area contributed by atoms with Crippen LogP contribution >= 0.6 is 0 Å². The molecular weight excluding hydrogens is 206 g/mol. The Bertz CT molecular complexity index is 432. The third-order valence-corrected chi connectivity index (χ3v) is 2.69. The van der Waals surface area contributed by atoms with Crippen molar-refractivity contribution in [1.29, 1.82) is 0 Å². The monoisotopic (exact) mass is 219 g/mol. The van der Waals surface area contributed by atoms with Crippen LogP contribution in [0.25, 0.3) is 0 Å². The van der Waals surface area contributed by atoms with E-state index in [0.717, 1.165) is 6.26 Å². The predicted molar refractivity (Wildman–Crippen MR) is 52.0 cm³/mol. The highest BCUT2D eigenvalue weighted by atomic mass is 32.2. The maximum atomic E-state index is 11.0. The minimum Gasteiger partial charge on any atom is -0.494 e. The van der Waals surface area contributed by atoms with Crippen LogP contribution < -0.4 is 0 Å². The van der Waals surface area contributed by atoms with E-state index in [1.54, 1.807) is 6.92 Å². The van der Waals surface area contributed by atoms with Gasteiger partial charge in [-0.15, -0.1) is 0 Å². The Morgan fingerprint density at radius 2 is 2.00 bits per heavy atom. The van der Waals surface area contributed by atoms with Crippen LogP contribution in [0.1, 0.15) is 12.5 Å².